The Morgan fingerprint density at radius 1 is 1.25 bits per heavy atom. The van der Waals surface area contributed by atoms with Crippen molar-refractivity contribution in [3.63, 3.8) is 0 Å². The number of aliphatic hydroxyl groups excluding tert-OH is 2. The second-order valence-corrected chi connectivity index (χ2v) is 9.21. The van der Waals surface area contributed by atoms with E-state index >= 15 is 0 Å². The summed E-state index contributed by atoms with van der Waals surface area (Å²) in [5, 5.41) is 23.0. The first kappa shape index (κ1) is 21.1. The average molecular weight is 407 g/mol. The van der Waals surface area contributed by atoms with Crippen molar-refractivity contribution >= 4 is 23.6 Å². The second-order valence-electron chi connectivity index (χ2n) is 7.60. The molecular weight excluding hydrogens is 376 g/mol. The Hall–Kier alpha value is -1.57. The fourth-order valence-electron chi connectivity index (χ4n) is 4.29. The summed E-state index contributed by atoms with van der Waals surface area (Å²) in [4.78, 5) is 27.5. The molecule has 0 aromatic carbocycles. The topological polar surface area (TPSA) is 89.9 Å². The maximum Gasteiger partial charge on any atom is 0.255 e. The number of nitrogens with zero attached hydrogens (tertiary/aromatic N) is 1. The van der Waals surface area contributed by atoms with Crippen LogP contribution in [0.25, 0.3) is 0 Å². The highest BCUT2D eigenvalue weighted by molar-refractivity contribution is 8.06. The zero-order valence-electron chi connectivity index (χ0n) is 16.7. The molecule has 28 heavy (non-hydrogen) atoms. The molecule has 5 heterocycles. The minimum atomic E-state index is -1.76. The molecule has 0 aromatic heterocycles. The second kappa shape index (κ2) is 8.43. The lowest BCUT2D eigenvalue weighted by atomic mass is 9.83. The van der Waals surface area contributed by atoms with Crippen LogP contribution in [0.2, 0.25) is 0 Å². The summed E-state index contributed by atoms with van der Waals surface area (Å²) >= 11 is 1.73. The zero-order valence-corrected chi connectivity index (χ0v) is 17.5. The first-order valence-electron chi connectivity index (χ1n) is 10.1. The van der Waals surface area contributed by atoms with E-state index in [0.29, 0.717) is 19.0 Å². The van der Waals surface area contributed by atoms with Crippen molar-refractivity contribution in [1.82, 2.24) is 10.2 Å². The third-order valence-electron chi connectivity index (χ3n) is 5.84. The average Bonchev–Trinajstić information content (AvgIpc) is 3.19. The van der Waals surface area contributed by atoms with E-state index in [9.17, 15) is 19.8 Å². The van der Waals surface area contributed by atoms with Gasteiger partial charge in [0.2, 0.25) is 0 Å². The fourth-order valence-corrected chi connectivity index (χ4v) is 5.64. The molecular formula is C21H30N2O4S. The lowest BCUT2D eigenvalue weighted by Crippen LogP contribution is -2.52. The number of allylic oxidation sites excluding steroid dienone is 2. The van der Waals surface area contributed by atoms with Crippen molar-refractivity contribution in [2.24, 2.45) is 5.92 Å². The largest absolute Gasteiger partial charge is 0.380 e. The van der Waals surface area contributed by atoms with Crippen molar-refractivity contribution in [3.05, 3.63) is 34.8 Å². The molecule has 154 valence electrons. The molecule has 1 aliphatic carbocycles. The molecule has 6 rings (SSSR count). The molecule has 5 unspecified atom stereocenters. The number of hydrogen-bond acceptors (Lipinski definition) is 5. The Bertz CT molecular complexity index is 732. The van der Waals surface area contributed by atoms with Crippen LogP contribution in [-0.2, 0) is 9.59 Å². The van der Waals surface area contributed by atoms with E-state index in [2.05, 4.69) is 36.5 Å². The van der Waals surface area contributed by atoms with Crippen LogP contribution in [0.4, 0.5) is 0 Å². The normalized spacial score (nSPS) is 37.4. The Kier molecular flexibility index (Phi) is 6.37. The van der Waals surface area contributed by atoms with Crippen LogP contribution in [0.5, 0.6) is 0 Å². The predicted octanol–water partition coefficient (Wildman–Crippen LogP) is 1.75. The first-order chi connectivity index (χ1) is 13.4. The lowest BCUT2D eigenvalue weighted by Gasteiger charge is -2.42. The van der Waals surface area contributed by atoms with Crippen molar-refractivity contribution < 1.29 is 19.8 Å². The number of rotatable bonds is 0. The standard InChI is InChI=1S/C19H24N2O4S.C2H6/c1-19-9-13(26-19)10-20-17(24)15(22)16(23)18(25)21-8-2-3-14(21)11-4-6-12(19)7-5-11;1-2/h4-6,9,12,14-16,22-23H,2-3,7-8,10H2,1H3,(H,20,24);1-2H3. The summed E-state index contributed by atoms with van der Waals surface area (Å²) in [6.45, 7) is 7.03. The monoisotopic (exact) mass is 406 g/mol. The Morgan fingerprint density at radius 2 is 1.96 bits per heavy atom. The first-order valence-corrected chi connectivity index (χ1v) is 10.9. The maximum atomic E-state index is 12.7. The van der Waals surface area contributed by atoms with Crippen molar-refractivity contribution in [2.45, 2.75) is 63.0 Å². The van der Waals surface area contributed by atoms with E-state index < -0.39 is 24.0 Å². The van der Waals surface area contributed by atoms with E-state index in [0.717, 1.165) is 29.7 Å². The number of nitrogens with one attached hydrogen (secondary N) is 1. The van der Waals surface area contributed by atoms with Gasteiger partial charge in [-0.3, -0.25) is 9.59 Å². The SMILES string of the molecule is CC.CC12C=C(CNC(=O)C(O)C(O)C(=O)N3CCCC3C3=CCC1C=C3)S2. The molecule has 2 amide bonds. The highest BCUT2D eigenvalue weighted by Gasteiger charge is 2.43. The van der Waals surface area contributed by atoms with Gasteiger partial charge >= 0.3 is 0 Å². The fraction of sp³-hybridized carbons (Fsp3) is 0.619. The zero-order chi connectivity index (χ0) is 20.5. The smallest absolute Gasteiger partial charge is 0.255 e. The van der Waals surface area contributed by atoms with E-state index in [1.807, 2.05) is 13.8 Å². The number of aliphatic hydroxyl groups is 2. The minimum Gasteiger partial charge on any atom is -0.380 e. The van der Waals surface area contributed by atoms with Gasteiger partial charge in [-0.2, -0.15) is 0 Å². The Morgan fingerprint density at radius 3 is 2.61 bits per heavy atom. The highest BCUT2D eigenvalue weighted by atomic mass is 32.2. The summed E-state index contributed by atoms with van der Waals surface area (Å²) < 4.78 is 0.00207. The van der Waals surface area contributed by atoms with Crippen LogP contribution < -0.4 is 5.32 Å². The van der Waals surface area contributed by atoms with E-state index in [4.69, 9.17) is 0 Å². The van der Waals surface area contributed by atoms with Crippen LogP contribution in [0, 0.1) is 5.92 Å². The summed E-state index contributed by atoms with van der Waals surface area (Å²) in [5.74, 6) is -0.916. The van der Waals surface area contributed by atoms with Crippen LogP contribution in [0.15, 0.2) is 34.8 Å². The van der Waals surface area contributed by atoms with Gasteiger partial charge in [0.15, 0.2) is 12.2 Å². The van der Waals surface area contributed by atoms with Gasteiger partial charge < -0.3 is 20.4 Å². The van der Waals surface area contributed by atoms with Gasteiger partial charge in [-0.1, -0.05) is 38.2 Å². The molecule has 1 saturated heterocycles. The molecule has 0 aromatic rings. The van der Waals surface area contributed by atoms with Crippen molar-refractivity contribution in [3.8, 4) is 0 Å². The maximum absolute atomic E-state index is 12.7. The molecule has 4 bridgehead atoms. The van der Waals surface area contributed by atoms with E-state index in [-0.39, 0.29) is 10.8 Å². The summed E-state index contributed by atoms with van der Waals surface area (Å²) in [6.07, 6.45) is 7.79. The molecule has 5 aliphatic heterocycles. The summed E-state index contributed by atoms with van der Waals surface area (Å²) in [6, 6.07) is -0.0947. The number of carbonyl (C=O) groups is 2. The van der Waals surface area contributed by atoms with Crippen LogP contribution in [0.3, 0.4) is 0 Å². The van der Waals surface area contributed by atoms with Crippen molar-refractivity contribution in [1.29, 1.82) is 0 Å². The number of amides is 2. The molecule has 0 radical (unpaired) electrons. The molecule has 7 heteroatoms. The quantitative estimate of drug-likeness (QED) is 0.570. The van der Waals surface area contributed by atoms with Gasteiger partial charge in [0.1, 0.15) is 0 Å². The minimum absolute atomic E-state index is 0.00207. The van der Waals surface area contributed by atoms with Gasteiger partial charge in [-0.15, -0.1) is 11.8 Å². The summed E-state index contributed by atoms with van der Waals surface area (Å²) in [5.41, 5.74) is 1.09. The molecule has 6 aliphatic rings. The van der Waals surface area contributed by atoms with Gasteiger partial charge in [0.25, 0.3) is 11.8 Å². The highest BCUT2D eigenvalue weighted by Crippen LogP contribution is 2.51. The number of hydrogen-bond donors (Lipinski definition) is 3. The van der Waals surface area contributed by atoms with Crippen LogP contribution >= 0.6 is 11.8 Å². The van der Waals surface area contributed by atoms with Gasteiger partial charge in [-0.05, 0) is 37.7 Å². The third-order valence-corrected chi connectivity index (χ3v) is 7.23. The molecule has 3 N–H and O–H groups in total. The van der Waals surface area contributed by atoms with Gasteiger partial charge in [0, 0.05) is 22.7 Å². The molecule has 1 fully saturated rings. The van der Waals surface area contributed by atoms with Crippen LogP contribution in [-0.4, -0.2) is 63.0 Å². The lowest BCUT2D eigenvalue weighted by molar-refractivity contribution is -0.153. The Labute approximate surface area is 170 Å². The van der Waals surface area contributed by atoms with Gasteiger partial charge in [-0.25, -0.2) is 0 Å². The Balaban J connectivity index is 0.00000109. The molecule has 6 nitrogen and oxygen atoms in total. The van der Waals surface area contributed by atoms with Crippen LogP contribution in [0.1, 0.15) is 40.0 Å². The summed E-state index contributed by atoms with van der Waals surface area (Å²) in [7, 11) is 0. The molecule has 0 spiro atoms. The predicted molar refractivity (Wildman–Crippen MR) is 111 cm³/mol. The van der Waals surface area contributed by atoms with Crippen molar-refractivity contribution in [2.75, 3.05) is 13.1 Å². The number of thioether (sulfide) groups is 1. The molecule has 0 saturated carbocycles. The van der Waals surface area contributed by atoms with E-state index in [1.54, 1.807) is 16.7 Å². The third kappa shape index (κ3) is 3.80. The molecule has 5 atom stereocenters. The van der Waals surface area contributed by atoms with E-state index in [1.165, 1.54) is 0 Å². The van der Waals surface area contributed by atoms with Gasteiger partial charge in [0.05, 0.1) is 6.04 Å². The number of carbonyl (C=O) groups excluding carboxylic acids is 2.